The fourth-order valence-corrected chi connectivity index (χ4v) is 3.95. The van der Waals surface area contributed by atoms with Crippen LogP contribution in [-0.4, -0.2) is 40.6 Å². The Hall–Kier alpha value is -2.53. The van der Waals surface area contributed by atoms with Crippen LogP contribution in [0.3, 0.4) is 0 Å². The van der Waals surface area contributed by atoms with E-state index in [2.05, 4.69) is 10.6 Å². The third-order valence-electron chi connectivity index (χ3n) is 4.35. The maximum Gasteiger partial charge on any atom is 0.325 e. The van der Waals surface area contributed by atoms with Crippen molar-refractivity contribution in [2.24, 2.45) is 0 Å². The van der Waals surface area contributed by atoms with Crippen LogP contribution < -0.4 is 10.6 Å². The quantitative estimate of drug-likeness (QED) is 0.500. The van der Waals surface area contributed by atoms with Crippen molar-refractivity contribution in [2.45, 2.75) is 50.0 Å². The molecular weight excluding hydrogens is 364 g/mol. The molecule has 2 N–H and O–H groups in total. The van der Waals surface area contributed by atoms with E-state index in [9.17, 15) is 14.4 Å². The van der Waals surface area contributed by atoms with Gasteiger partial charge in [-0.05, 0) is 25.0 Å². The van der Waals surface area contributed by atoms with Gasteiger partial charge in [0.1, 0.15) is 12.1 Å². The molecule has 0 spiro atoms. The van der Waals surface area contributed by atoms with Gasteiger partial charge in [-0.3, -0.25) is 14.5 Å². The monoisotopic (exact) mass is 388 g/mol. The predicted octanol–water partition coefficient (Wildman–Crippen LogP) is 3.13. The van der Waals surface area contributed by atoms with Crippen LogP contribution in [0, 0.1) is 11.3 Å². The second kappa shape index (κ2) is 9.42. The lowest BCUT2D eigenvalue weighted by atomic mass is 9.88. The second-order valence-corrected chi connectivity index (χ2v) is 7.41. The van der Waals surface area contributed by atoms with Crippen LogP contribution in [0.5, 0.6) is 0 Å². The average molecular weight is 388 g/mol. The van der Waals surface area contributed by atoms with E-state index in [1.54, 1.807) is 18.2 Å². The highest BCUT2D eigenvalue weighted by Gasteiger charge is 2.50. The van der Waals surface area contributed by atoms with E-state index in [4.69, 9.17) is 5.26 Å². The molecule has 2 rings (SSSR count). The first kappa shape index (κ1) is 20.8. The number of para-hydroxylation sites is 1. The van der Waals surface area contributed by atoms with Crippen LogP contribution in [0.15, 0.2) is 29.2 Å². The molecule has 1 aliphatic rings. The van der Waals surface area contributed by atoms with E-state index < -0.39 is 17.5 Å². The maximum absolute atomic E-state index is 12.8. The summed E-state index contributed by atoms with van der Waals surface area (Å²) in [6.45, 7) is 3.58. The van der Waals surface area contributed by atoms with Crippen LogP contribution in [0.2, 0.25) is 0 Å². The Balaban J connectivity index is 2.09. The average Bonchev–Trinajstić information content (AvgIpc) is 2.86. The first-order chi connectivity index (χ1) is 13.0. The number of nitriles is 1. The number of carbonyl (C=O) groups excluding carboxylic acids is 3. The van der Waals surface area contributed by atoms with Gasteiger partial charge < -0.3 is 10.6 Å². The summed E-state index contributed by atoms with van der Waals surface area (Å²) >= 11 is 1.31. The molecule has 8 heteroatoms. The fraction of sp³-hybridized carbons (Fsp3) is 0.474. The molecule has 0 aromatic heterocycles. The van der Waals surface area contributed by atoms with Gasteiger partial charge in [0.2, 0.25) is 5.91 Å². The number of nitrogens with zero attached hydrogens (tertiary/aromatic N) is 2. The zero-order valence-corrected chi connectivity index (χ0v) is 16.4. The Morgan fingerprint density at radius 1 is 1.26 bits per heavy atom. The molecule has 1 aromatic rings. The van der Waals surface area contributed by atoms with Crippen LogP contribution >= 0.6 is 11.8 Å². The molecule has 1 aliphatic heterocycles. The minimum atomic E-state index is -0.901. The Kier molecular flexibility index (Phi) is 7.25. The van der Waals surface area contributed by atoms with E-state index in [1.165, 1.54) is 11.8 Å². The number of nitrogens with one attached hydrogen (secondary N) is 2. The minimum Gasteiger partial charge on any atom is -0.324 e. The smallest absolute Gasteiger partial charge is 0.324 e. The maximum atomic E-state index is 12.8. The van der Waals surface area contributed by atoms with E-state index >= 15 is 0 Å². The van der Waals surface area contributed by atoms with Crippen molar-refractivity contribution < 1.29 is 14.4 Å². The first-order valence-electron chi connectivity index (χ1n) is 9.00. The largest absolute Gasteiger partial charge is 0.325 e. The number of imide groups is 1. The van der Waals surface area contributed by atoms with Crippen LogP contribution in [0.4, 0.5) is 10.5 Å². The molecule has 1 heterocycles. The van der Waals surface area contributed by atoms with Gasteiger partial charge in [0.15, 0.2) is 0 Å². The molecule has 0 atom stereocenters. The second-order valence-electron chi connectivity index (χ2n) is 6.39. The zero-order chi connectivity index (χ0) is 19.9. The summed E-state index contributed by atoms with van der Waals surface area (Å²) in [4.78, 5) is 39.4. The lowest BCUT2D eigenvalue weighted by Crippen LogP contribution is -2.47. The molecule has 0 bridgehead atoms. The van der Waals surface area contributed by atoms with Crippen molar-refractivity contribution >= 4 is 35.3 Å². The summed E-state index contributed by atoms with van der Waals surface area (Å²) in [7, 11) is 0. The number of carbonyl (C=O) groups is 3. The first-order valence-corrected chi connectivity index (χ1v) is 9.98. The molecule has 0 unspecified atom stereocenters. The van der Waals surface area contributed by atoms with E-state index in [-0.39, 0.29) is 18.2 Å². The van der Waals surface area contributed by atoms with Gasteiger partial charge in [-0.25, -0.2) is 4.79 Å². The van der Waals surface area contributed by atoms with Gasteiger partial charge >= 0.3 is 6.03 Å². The Labute approximate surface area is 163 Å². The SMILES string of the molecule is CCCC1(CCC)NC(=O)N(CC(=O)Nc2ccccc2SCC#N)C1=O. The molecule has 1 aromatic carbocycles. The summed E-state index contributed by atoms with van der Waals surface area (Å²) in [5, 5.41) is 14.3. The van der Waals surface area contributed by atoms with Crippen molar-refractivity contribution in [2.75, 3.05) is 17.6 Å². The van der Waals surface area contributed by atoms with Crippen molar-refractivity contribution in [3.05, 3.63) is 24.3 Å². The van der Waals surface area contributed by atoms with Gasteiger partial charge in [-0.1, -0.05) is 38.8 Å². The number of hydrogen-bond acceptors (Lipinski definition) is 5. The molecule has 0 aliphatic carbocycles. The Morgan fingerprint density at radius 2 is 1.93 bits per heavy atom. The molecule has 4 amide bonds. The molecular formula is C19H24N4O3S. The molecule has 0 radical (unpaired) electrons. The van der Waals surface area contributed by atoms with Crippen LogP contribution in [0.25, 0.3) is 0 Å². The Morgan fingerprint density at radius 3 is 2.56 bits per heavy atom. The Bertz CT molecular complexity index is 754. The van der Waals surface area contributed by atoms with E-state index in [0.717, 1.165) is 22.6 Å². The van der Waals surface area contributed by atoms with Gasteiger partial charge in [0, 0.05) is 4.90 Å². The van der Waals surface area contributed by atoms with Gasteiger partial charge in [0.25, 0.3) is 5.91 Å². The summed E-state index contributed by atoms with van der Waals surface area (Å²) in [5.41, 5.74) is -0.343. The molecule has 1 saturated heterocycles. The zero-order valence-electron chi connectivity index (χ0n) is 15.6. The van der Waals surface area contributed by atoms with E-state index in [1.807, 2.05) is 26.0 Å². The summed E-state index contributed by atoms with van der Waals surface area (Å²) in [6.07, 6.45) is 2.62. The number of urea groups is 1. The third kappa shape index (κ3) is 4.80. The summed E-state index contributed by atoms with van der Waals surface area (Å²) < 4.78 is 0. The molecule has 27 heavy (non-hydrogen) atoms. The number of amides is 4. The molecule has 7 nitrogen and oxygen atoms in total. The number of benzene rings is 1. The standard InChI is InChI=1S/C19H24N4O3S/c1-3-9-19(10-4-2)17(25)23(18(26)22-19)13-16(24)21-14-7-5-6-8-15(14)27-12-11-20/h5-8H,3-4,9-10,12-13H2,1-2H3,(H,21,24)(H,22,26). The number of hydrogen-bond donors (Lipinski definition) is 2. The highest BCUT2D eigenvalue weighted by atomic mass is 32.2. The van der Waals surface area contributed by atoms with E-state index in [0.29, 0.717) is 18.5 Å². The molecule has 0 saturated carbocycles. The van der Waals surface area contributed by atoms with Gasteiger partial charge in [0.05, 0.1) is 17.5 Å². The van der Waals surface area contributed by atoms with Crippen LogP contribution in [0.1, 0.15) is 39.5 Å². The van der Waals surface area contributed by atoms with Gasteiger partial charge in [-0.2, -0.15) is 5.26 Å². The number of thioether (sulfide) groups is 1. The predicted molar refractivity (Wildman–Crippen MR) is 104 cm³/mol. The van der Waals surface area contributed by atoms with Gasteiger partial charge in [-0.15, -0.1) is 11.8 Å². The lowest BCUT2D eigenvalue weighted by Gasteiger charge is -2.25. The summed E-state index contributed by atoms with van der Waals surface area (Å²) in [6, 6.07) is 8.64. The minimum absolute atomic E-state index is 0.260. The van der Waals surface area contributed by atoms with Crippen LogP contribution in [-0.2, 0) is 9.59 Å². The van der Waals surface area contributed by atoms with Crippen molar-refractivity contribution in [1.29, 1.82) is 5.26 Å². The van der Waals surface area contributed by atoms with Crippen molar-refractivity contribution in [3.8, 4) is 6.07 Å². The molecule has 144 valence electrons. The topological polar surface area (TPSA) is 102 Å². The highest BCUT2D eigenvalue weighted by molar-refractivity contribution is 7.99. The normalized spacial score (nSPS) is 15.4. The fourth-order valence-electron chi connectivity index (χ4n) is 3.28. The van der Waals surface area contributed by atoms with Crippen molar-refractivity contribution in [1.82, 2.24) is 10.2 Å². The number of rotatable bonds is 9. The molecule has 1 fully saturated rings. The highest BCUT2D eigenvalue weighted by Crippen LogP contribution is 2.29. The third-order valence-corrected chi connectivity index (χ3v) is 5.29. The number of anilines is 1. The summed E-state index contributed by atoms with van der Waals surface area (Å²) in [5.74, 6) is -0.526. The lowest BCUT2D eigenvalue weighted by molar-refractivity contribution is -0.134. The van der Waals surface area contributed by atoms with Crippen molar-refractivity contribution in [3.63, 3.8) is 0 Å².